The van der Waals surface area contributed by atoms with Crippen LogP contribution in [0.1, 0.15) is 16.1 Å². The van der Waals surface area contributed by atoms with E-state index < -0.39 is 18.0 Å². The van der Waals surface area contributed by atoms with E-state index in [4.69, 9.17) is 16.3 Å². The molecule has 1 atom stereocenters. The first-order chi connectivity index (χ1) is 17.9. The van der Waals surface area contributed by atoms with Gasteiger partial charge in [-0.2, -0.15) is 0 Å². The number of hydrogen-bond acceptors (Lipinski definition) is 6. The van der Waals surface area contributed by atoms with Crippen molar-refractivity contribution in [2.45, 2.75) is 12.6 Å². The fourth-order valence-electron chi connectivity index (χ4n) is 3.86. The molecule has 2 heterocycles. The van der Waals surface area contributed by atoms with Crippen molar-refractivity contribution in [1.29, 1.82) is 0 Å². The minimum absolute atomic E-state index is 0.00964. The fraction of sp³-hybridized carbons (Fsp3) is 0.269. The first-order valence-electron chi connectivity index (χ1n) is 11.7. The Morgan fingerprint density at radius 2 is 1.57 bits per heavy atom. The highest BCUT2D eigenvalue weighted by Gasteiger charge is 2.31. The second-order valence-corrected chi connectivity index (χ2v) is 8.77. The predicted octanol–water partition coefficient (Wildman–Crippen LogP) is 2.93. The molecule has 0 radical (unpaired) electrons. The lowest BCUT2D eigenvalue weighted by molar-refractivity contribution is -0.136. The molecular formula is C26H26ClN5O5. The van der Waals surface area contributed by atoms with E-state index in [9.17, 15) is 19.5 Å². The van der Waals surface area contributed by atoms with E-state index in [-0.39, 0.29) is 62.0 Å². The summed E-state index contributed by atoms with van der Waals surface area (Å²) >= 11 is 6.17. The third kappa shape index (κ3) is 7.02. The van der Waals surface area contributed by atoms with Gasteiger partial charge in [0.25, 0.3) is 5.91 Å². The summed E-state index contributed by atoms with van der Waals surface area (Å²) in [5, 5.41) is 12.0. The van der Waals surface area contributed by atoms with Crippen LogP contribution in [-0.4, -0.2) is 81.6 Å². The van der Waals surface area contributed by atoms with Gasteiger partial charge in [-0.1, -0.05) is 72.3 Å². The molecule has 2 N–H and O–H groups in total. The molecule has 11 heteroatoms. The fourth-order valence-corrected chi connectivity index (χ4v) is 4.05. The quantitative estimate of drug-likeness (QED) is 0.435. The van der Waals surface area contributed by atoms with Crippen LogP contribution < -0.4 is 5.32 Å². The van der Waals surface area contributed by atoms with Crippen molar-refractivity contribution < 1.29 is 24.2 Å². The molecule has 2 aromatic carbocycles. The second kappa shape index (κ2) is 12.3. The number of amides is 3. The first-order valence-corrected chi connectivity index (χ1v) is 12.1. The van der Waals surface area contributed by atoms with Crippen LogP contribution in [-0.2, 0) is 16.1 Å². The van der Waals surface area contributed by atoms with Crippen molar-refractivity contribution in [3.63, 3.8) is 0 Å². The van der Waals surface area contributed by atoms with Gasteiger partial charge in [-0.15, -0.1) is 0 Å². The number of halogens is 1. The zero-order valence-electron chi connectivity index (χ0n) is 19.9. The lowest BCUT2D eigenvalue weighted by Gasteiger charge is -2.35. The number of carboxylic acid groups (broad SMARTS) is 1. The van der Waals surface area contributed by atoms with E-state index in [0.29, 0.717) is 5.56 Å². The van der Waals surface area contributed by atoms with Gasteiger partial charge >= 0.3 is 6.09 Å². The summed E-state index contributed by atoms with van der Waals surface area (Å²) < 4.78 is 5.78. The number of benzene rings is 2. The summed E-state index contributed by atoms with van der Waals surface area (Å²) in [6.07, 6.45) is -1.03. The number of ether oxygens (including phenoxy) is 1. The van der Waals surface area contributed by atoms with E-state index in [1.165, 1.54) is 15.9 Å². The van der Waals surface area contributed by atoms with Crippen molar-refractivity contribution in [1.82, 2.24) is 25.1 Å². The van der Waals surface area contributed by atoms with Gasteiger partial charge < -0.3 is 25.0 Å². The molecule has 0 spiro atoms. The van der Waals surface area contributed by atoms with Crippen LogP contribution in [0.2, 0.25) is 5.15 Å². The molecule has 1 saturated heterocycles. The number of carbonyl (C=O) groups is 3. The number of nitrogens with zero attached hydrogens (tertiary/aromatic N) is 4. The minimum atomic E-state index is -1.03. The summed E-state index contributed by atoms with van der Waals surface area (Å²) in [5.74, 6) is -0.687. The monoisotopic (exact) mass is 523 g/mol. The van der Waals surface area contributed by atoms with Crippen LogP contribution >= 0.6 is 11.6 Å². The van der Waals surface area contributed by atoms with Gasteiger partial charge in [0.05, 0.1) is 13.2 Å². The SMILES string of the molecule is O=C(N[C@@H](COCc1ccccc1)C(=O)N1CCN(C(=O)O)CC1)c1cc(Cl)nc(-c2ccccc2)n1. The van der Waals surface area contributed by atoms with Crippen molar-refractivity contribution in [2.75, 3.05) is 32.8 Å². The zero-order valence-corrected chi connectivity index (χ0v) is 20.7. The molecule has 1 aromatic heterocycles. The number of piperazine rings is 1. The standard InChI is InChI=1S/C26H26ClN5O5/c27-22-15-20(28-23(30-22)19-9-5-2-6-10-19)24(33)29-21(17-37-16-18-7-3-1-4-8-18)25(34)31-11-13-32(14-12-31)26(35)36/h1-10,15,21H,11-14,16-17H2,(H,29,33)(H,35,36)/t21-/m0/s1. The molecule has 0 aliphatic carbocycles. The Labute approximate surface area is 218 Å². The number of carbonyl (C=O) groups excluding carboxylic acids is 2. The molecule has 0 unspecified atom stereocenters. The smallest absolute Gasteiger partial charge is 0.407 e. The molecular weight excluding hydrogens is 498 g/mol. The lowest BCUT2D eigenvalue weighted by atomic mass is 10.2. The van der Waals surface area contributed by atoms with Gasteiger partial charge in [-0.05, 0) is 5.56 Å². The molecule has 1 aliphatic heterocycles. The third-order valence-electron chi connectivity index (χ3n) is 5.82. The van der Waals surface area contributed by atoms with E-state index in [2.05, 4.69) is 15.3 Å². The molecule has 192 valence electrons. The molecule has 0 bridgehead atoms. The Balaban J connectivity index is 1.49. The lowest BCUT2D eigenvalue weighted by Crippen LogP contribution is -2.56. The first kappa shape index (κ1) is 26.1. The van der Waals surface area contributed by atoms with Crippen LogP contribution in [0.15, 0.2) is 66.7 Å². The van der Waals surface area contributed by atoms with Gasteiger partial charge in [-0.3, -0.25) is 9.59 Å². The molecule has 4 rings (SSSR count). The minimum Gasteiger partial charge on any atom is -0.465 e. The van der Waals surface area contributed by atoms with Gasteiger partial charge in [0.2, 0.25) is 5.91 Å². The Bertz CT molecular complexity index is 1240. The topological polar surface area (TPSA) is 125 Å². The number of nitrogens with one attached hydrogen (secondary N) is 1. The Morgan fingerprint density at radius 1 is 0.946 bits per heavy atom. The number of rotatable bonds is 8. The molecule has 1 aliphatic rings. The van der Waals surface area contributed by atoms with Crippen LogP contribution in [0.25, 0.3) is 11.4 Å². The van der Waals surface area contributed by atoms with E-state index in [0.717, 1.165) is 5.56 Å². The summed E-state index contributed by atoms with van der Waals surface area (Å²) in [4.78, 5) is 49.1. The van der Waals surface area contributed by atoms with Gasteiger partial charge in [-0.25, -0.2) is 14.8 Å². The Morgan fingerprint density at radius 3 is 2.22 bits per heavy atom. The van der Waals surface area contributed by atoms with Gasteiger partial charge in [0, 0.05) is 37.8 Å². The molecule has 3 amide bonds. The van der Waals surface area contributed by atoms with E-state index in [1.807, 2.05) is 48.5 Å². The highest BCUT2D eigenvalue weighted by atomic mass is 35.5. The maximum atomic E-state index is 13.3. The average molecular weight is 524 g/mol. The maximum Gasteiger partial charge on any atom is 0.407 e. The van der Waals surface area contributed by atoms with Gasteiger partial charge in [0.1, 0.15) is 16.9 Å². The zero-order chi connectivity index (χ0) is 26.2. The van der Waals surface area contributed by atoms with Crippen molar-refractivity contribution in [3.8, 4) is 11.4 Å². The Kier molecular flexibility index (Phi) is 8.65. The van der Waals surface area contributed by atoms with Crippen LogP contribution in [0.5, 0.6) is 0 Å². The molecule has 1 fully saturated rings. The van der Waals surface area contributed by atoms with Crippen LogP contribution in [0.3, 0.4) is 0 Å². The predicted molar refractivity (Wildman–Crippen MR) is 136 cm³/mol. The third-order valence-corrected chi connectivity index (χ3v) is 6.01. The second-order valence-electron chi connectivity index (χ2n) is 8.39. The molecule has 0 saturated carbocycles. The van der Waals surface area contributed by atoms with Crippen molar-refractivity contribution in [3.05, 3.63) is 83.1 Å². The summed E-state index contributed by atoms with van der Waals surface area (Å²) in [6, 6.07) is 18.9. The van der Waals surface area contributed by atoms with E-state index >= 15 is 0 Å². The summed E-state index contributed by atoms with van der Waals surface area (Å²) in [7, 11) is 0. The number of aromatic nitrogens is 2. The van der Waals surface area contributed by atoms with Crippen LogP contribution in [0.4, 0.5) is 4.79 Å². The molecule has 10 nitrogen and oxygen atoms in total. The Hall–Kier alpha value is -4.02. The van der Waals surface area contributed by atoms with E-state index in [1.54, 1.807) is 12.1 Å². The summed E-state index contributed by atoms with van der Waals surface area (Å²) in [6.45, 7) is 0.984. The van der Waals surface area contributed by atoms with Crippen LogP contribution in [0, 0.1) is 0 Å². The van der Waals surface area contributed by atoms with Crippen molar-refractivity contribution >= 4 is 29.5 Å². The molecule has 3 aromatic rings. The van der Waals surface area contributed by atoms with Gasteiger partial charge in [0.15, 0.2) is 5.82 Å². The normalized spacial score (nSPS) is 14.2. The maximum absolute atomic E-state index is 13.3. The molecule has 37 heavy (non-hydrogen) atoms. The largest absolute Gasteiger partial charge is 0.465 e. The number of hydrogen-bond donors (Lipinski definition) is 2. The van der Waals surface area contributed by atoms with Crippen molar-refractivity contribution in [2.24, 2.45) is 0 Å². The summed E-state index contributed by atoms with van der Waals surface area (Å²) in [5.41, 5.74) is 1.62. The average Bonchev–Trinajstić information content (AvgIpc) is 2.93. The highest BCUT2D eigenvalue weighted by molar-refractivity contribution is 6.29. The highest BCUT2D eigenvalue weighted by Crippen LogP contribution is 2.18.